The second kappa shape index (κ2) is 3.53. The lowest BCUT2D eigenvalue weighted by molar-refractivity contribution is 0.0695. The first-order valence-corrected chi connectivity index (χ1v) is 3.80. The first-order valence-electron chi connectivity index (χ1n) is 3.42. The number of hydrogen-bond donors (Lipinski definition) is 1. The van der Waals surface area contributed by atoms with E-state index in [9.17, 15) is 9.59 Å². The number of hydrogen-bond acceptors (Lipinski definition) is 3. The van der Waals surface area contributed by atoms with Crippen molar-refractivity contribution in [3.63, 3.8) is 0 Å². The summed E-state index contributed by atoms with van der Waals surface area (Å²) in [7, 11) is 0. The number of nitrogens with zero attached hydrogens (tertiary/aromatic N) is 1. The Hall–Kier alpha value is -1.42. The third-order valence-electron chi connectivity index (χ3n) is 1.42. The molecule has 1 heterocycles. The molecule has 0 bridgehead atoms. The number of carboxylic acids is 1. The van der Waals surface area contributed by atoms with Crippen molar-refractivity contribution in [3.8, 4) is 0 Å². The van der Waals surface area contributed by atoms with E-state index in [1.807, 2.05) is 0 Å². The molecule has 0 aliphatic carbocycles. The molecule has 1 aromatic rings. The van der Waals surface area contributed by atoms with Gasteiger partial charge in [0.05, 0.1) is 10.6 Å². The fourth-order valence-corrected chi connectivity index (χ4v) is 1.11. The van der Waals surface area contributed by atoms with E-state index >= 15 is 0 Å². The van der Waals surface area contributed by atoms with Crippen LogP contribution < -0.4 is 0 Å². The van der Waals surface area contributed by atoms with E-state index < -0.39 is 5.97 Å². The molecule has 0 aliphatic rings. The van der Waals surface area contributed by atoms with Crippen LogP contribution in [0.25, 0.3) is 0 Å². The lowest BCUT2D eigenvalue weighted by atomic mass is 10.2. The second-order valence-corrected chi connectivity index (χ2v) is 2.82. The Kier molecular flexibility index (Phi) is 2.63. The fraction of sp³-hybridized carbons (Fsp3) is 0.125. The maximum absolute atomic E-state index is 10.9. The maximum atomic E-state index is 10.9. The van der Waals surface area contributed by atoms with Crippen LogP contribution in [0.4, 0.5) is 0 Å². The zero-order chi connectivity index (χ0) is 10.0. The molecule has 1 aromatic heterocycles. The smallest absolute Gasteiger partial charge is 0.337 e. The molecule has 0 amide bonds. The van der Waals surface area contributed by atoms with E-state index in [0.29, 0.717) is 0 Å². The summed E-state index contributed by atoms with van der Waals surface area (Å²) in [6.07, 6.45) is 1.10. The van der Waals surface area contributed by atoms with Crippen LogP contribution in [0.15, 0.2) is 12.3 Å². The van der Waals surface area contributed by atoms with Gasteiger partial charge in [-0.1, -0.05) is 11.6 Å². The molecular weight excluding hydrogens is 194 g/mol. The van der Waals surface area contributed by atoms with Gasteiger partial charge in [-0.3, -0.25) is 9.78 Å². The highest BCUT2D eigenvalue weighted by Gasteiger charge is 2.10. The number of carbonyl (C=O) groups is 2. The van der Waals surface area contributed by atoms with Crippen LogP contribution in [0.1, 0.15) is 27.8 Å². The summed E-state index contributed by atoms with van der Waals surface area (Å²) in [5, 5.41) is 8.62. The van der Waals surface area contributed by atoms with Crippen molar-refractivity contribution in [1.82, 2.24) is 4.98 Å². The molecule has 13 heavy (non-hydrogen) atoms. The van der Waals surface area contributed by atoms with Crippen molar-refractivity contribution in [2.45, 2.75) is 6.92 Å². The van der Waals surface area contributed by atoms with E-state index in [1.165, 1.54) is 13.0 Å². The third-order valence-corrected chi connectivity index (χ3v) is 1.71. The Morgan fingerprint density at radius 1 is 1.54 bits per heavy atom. The molecule has 5 heteroatoms. The lowest BCUT2D eigenvalue weighted by Crippen LogP contribution is -2.02. The first kappa shape index (κ1) is 9.67. The van der Waals surface area contributed by atoms with Crippen LogP contribution in [0.2, 0.25) is 5.02 Å². The van der Waals surface area contributed by atoms with Gasteiger partial charge in [0.15, 0.2) is 5.78 Å². The molecule has 0 spiro atoms. The Bertz CT molecular complexity index is 376. The number of carboxylic acid groups (broad SMARTS) is 1. The number of pyridine rings is 1. The Morgan fingerprint density at radius 2 is 2.15 bits per heavy atom. The van der Waals surface area contributed by atoms with E-state index in [4.69, 9.17) is 16.7 Å². The zero-order valence-corrected chi connectivity index (χ0v) is 7.50. The Labute approximate surface area is 79.2 Å². The van der Waals surface area contributed by atoms with Gasteiger partial charge in [0.1, 0.15) is 5.69 Å². The van der Waals surface area contributed by atoms with Crippen LogP contribution in [0.5, 0.6) is 0 Å². The van der Waals surface area contributed by atoms with Crippen LogP contribution in [-0.4, -0.2) is 21.8 Å². The van der Waals surface area contributed by atoms with Crippen molar-refractivity contribution < 1.29 is 14.7 Å². The van der Waals surface area contributed by atoms with E-state index in [-0.39, 0.29) is 22.1 Å². The molecule has 0 fully saturated rings. The minimum atomic E-state index is -1.12. The third kappa shape index (κ3) is 2.03. The topological polar surface area (TPSA) is 67.3 Å². The highest BCUT2D eigenvalue weighted by atomic mass is 35.5. The number of carbonyl (C=O) groups excluding carboxylic acids is 1. The highest BCUT2D eigenvalue weighted by Crippen LogP contribution is 2.15. The number of halogens is 1. The van der Waals surface area contributed by atoms with Gasteiger partial charge < -0.3 is 5.11 Å². The van der Waals surface area contributed by atoms with Gasteiger partial charge in [0.2, 0.25) is 0 Å². The van der Waals surface area contributed by atoms with Gasteiger partial charge in [0, 0.05) is 13.1 Å². The predicted molar refractivity (Wildman–Crippen MR) is 46.2 cm³/mol. The number of aromatic carboxylic acids is 1. The summed E-state index contributed by atoms with van der Waals surface area (Å²) in [5.74, 6) is -1.41. The Morgan fingerprint density at radius 3 is 2.54 bits per heavy atom. The van der Waals surface area contributed by atoms with Gasteiger partial charge in [-0.2, -0.15) is 0 Å². The van der Waals surface area contributed by atoms with Gasteiger partial charge in [-0.15, -0.1) is 0 Å². The fourth-order valence-electron chi connectivity index (χ4n) is 0.814. The average Bonchev–Trinajstić information content (AvgIpc) is 2.03. The molecule has 1 rings (SSSR count). The largest absolute Gasteiger partial charge is 0.478 e. The minimum absolute atomic E-state index is 0.0324. The van der Waals surface area contributed by atoms with Crippen molar-refractivity contribution in [2.75, 3.05) is 0 Å². The van der Waals surface area contributed by atoms with Crippen molar-refractivity contribution >= 4 is 23.4 Å². The van der Waals surface area contributed by atoms with Gasteiger partial charge >= 0.3 is 5.97 Å². The first-order chi connectivity index (χ1) is 6.02. The predicted octanol–water partition coefficient (Wildman–Crippen LogP) is 1.64. The number of ketones is 1. The molecule has 0 aromatic carbocycles. The summed E-state index contributed by atoms with van der Waals surface area (Å²) in [6.45, 7) is 1.31. The molecule has 68 valence electrons. The summed E-state index contributed by atoms with van der Waals surface area (Å²) < 4.78 is 0. The standard InChI is InChI=1S/C8H6ClNO3/c1-4(11)7-6(9)2-5(3-10-7)8(12)13/h2-3H,1H3,(H,12,13). The highest BCUT2D eigenvalue weighted by molar-refractivity contribution is 6.33. The monoisotopic (exact) mass is 199 g/mol. The summed E-state index contributed by atoms with van der Waals surface area (Å²) in [5.41, 5.74) is 0.0571. The van der Waals surface area contributed by atoms with Crippen LogP contribution in [0.3, 0.4) is 0 Å². The van der Waals surface area contributed by atoms with Gasteiger partial charge in [-0.25, -0.2) is 4.79 Å². The van der Waals surface area contributed by atoms with Crippen LogP contribution >= 0.6 is 11.6 Å². The molecule has 0 atom stereocenters. The SMILES string of the molecule is CC(=O)c1ncc(C(=O)O)cc1Cl. The summed E-state index contributed by atoms with van der Waals surface area (Å²) >= 11 is 5.62. The van der Waals surface area contributed by atoms with Crippen LogP contribution in [0, 0.1) is 0 Å². The maximum Gasteiger partial charge on any atom is 0.337 e. The Balaban J connectivity index is 3.20. The number of Topliss-reactive ketones (excluding diaryl/α,β-unsaturated/α-hetero) is 1. The summed E-state index contributed by atoms with van der Waals surface area (Å²) in [6, 6.07) is 1.20. The molecule has 0 unspecified atom stereocenters. The van der Waals surface area contributed by atoms with Gasteiger partial charge in [-0.05, 0) is 6.07 Å². The molecule has 0 saturated heterocycles. The normalized spacial score (nSPS) is 9.69. The zero-order valence-electron chi connectivity index (χ0n) is 6.74. The van der Waals surface area contributed by atoms with E-state index in [0.717, 1.165) is 6.20 Å². The van der Waals surface area contributed by atoms with Gasteiger partial charge in [0.25, 0.3) is 0 Å². The second-order valence-electron chi connectivity index (χ2n) is 2.42. The van der Waals surface area contributed by atoms with Crippen LogP contribution in [-0.2, 0) is 0 Å². The van der Waals surface area contributed by atoms with E-state index in [1.54, 1.807) is 0 Å². The lowest BCUT2D eigenvalue weighted by Gasteiger charge is -1.99. The van der Waals surface area contributed by atoms with Crippen molar-refractivity contribution in [1.29, 1.82) is 0 Å². The molecule has 4 nitrogen and oxygen atoms in total. The quantitative estimate of drug-likeness (QED) is 0.736. The molecule has 0 radical (unpaired) electrons. The van der Waals surface area contributed by atoms with E-state index in [2.05, 4.69) is 4.98 Å². The summed E-state index contributed by atoms with van der Waals surface area (Å²) in [4.78, 5) is 24.9. The van der Waals surface area contributed by atoms with Crippen molar-refractivity contribution in [3.05, 3.63) is 28.5 Å². The molecule has 1 N–H and O–H groups in total. The van der Waals surface area contributed by atoms with Crippen molar-refractivity contribution in [2.24, 2.45) is 0 Å². The number of aromatic nitrogens is 1. The molecule has 0 saturated carbocycles. The molecule has 0 aliphatic heterocycles. The minimum Gasteiger partial charge on any atom is -0.478 e. The number of rotatable bonds is 2. The average molecular weight is 200 g/mol. The molecular formula is C8H6ClNO3.